The van der Waals surface area contributed by atoms with Crippen molar-refractivity contribution < 1.29 is 0 Å². The lowest BCUT2D eigenvalue weighted by molar-refractivity contribution is 0.272. The first kappa shape index (κ1) is 25.5. The van der Waals surface area contributed by atoms with Gasteiger partial charge in [-0.05, 0) is 106 Å². The van der Waals surface area contributed by atoms with Crippen LogP contribution in [0.3, 0.4) is 0 Å². The zero-order valence-corrected chi connectivity index (χ0v) is 22.4. The molecule has 1 aromatic heterocycles. The first-order valence-corrected chi connectivity index (χ1v) is 14.8. The van der Waals surface area contributed by atoms with Crippen molar-refractivity contribution in [2.75, 3.05) is 19.6 Å². The molecule has 0 spiro atoms. The number of para-hydroxylation sites is 1. The highest BCUT2D eigenvalue weighted by Crippen LogP contribution is 2.36. The number of fused-ring (bicyclic) bond motifs is 1. The monoisotopic (exact) mass is 485 g/mol. The summed E-state index contributed by atoms with van der Waals surface area (Å²) in [5.74, 6) is 2.83. The SMILES string of the molecule is Cc1cccc(C(CCNCC2CCC(CN)CC2)c2cn(CC3CCCCC3)c3ccccc23)c1. The van der Waals surface area contributed by atoms with Gasteiger partial charge in [-0.3, -0.25) is 0 Å². The Labute approximate surface area is 218 Å². The van der Waals surface area contributed by atoms with Crippen LogP contribution in [0.1, 0.15) is 86.8 Å². The lowest BCUT2D eigenvalue weighted by Gasteiger charge is -2.28. The third kappa shape index (κ3) is 6.23. The lowest BCUT2D eigenvalue weighted by Crippen LogP contribution is -2.29. The number of rotatable bonds is 10. The molecule has 3 aromatic rings. The Morgan fingerprint density at radius 1 is 0.889 bits per heavy atom. The van der Waals surface area contributed by atoms with E-state index in [4.69, 9.17) is 5.73 Å². The predicted octanol–water partition coefficient (Wildman–Crippen LogP) is 7.41. The quantitative estimate of drug-likeness (QED) is 0.294. The van der Waals surface area contributed by atoms with Crippen molar-refractivity contribution in [1.29, 1.82) is 0 Å². The molecular formula is C33H47N3. The molecule has 3 N–H and O–H groups in total. The zero-order chi connectivity index (χ0) is 24.7. The number of hydrogen-bond acceptors (Lipinski definition) is 2. The molecule has 3 nitrogen and oxygen atoms in total. The fourth-order valence-corrected chi connectivity index (χ4v) is 6.96. The van der Waals surface area contributed by atoms with Gasteiger partial charge in [-0.15, -0.1) is 0 Å². The average Bonchev–Trinajstić information content (AvgIpc) is 3.27. The number of benzene rings is 2. The van der Waals surface area contributed by atoms with Crippen LogP contribution in [0.5, 0.6) is 0 Å². The molecule has 2 saturated carbocycles. The molecule has 0 amide bonds. The Hall–Kier alpha value is -2.10. The summed E-state index contributed by atoms with van der Waals surface area (Å²) in [5, 5.41) is 5.30. The summed E-state index contributed by atoms with van der Waals surface area (Å²) >= 11 is 0. The van der Waals surface area contributed by atoms with Gasteiger partial charge >= 0.3 is 0 Å². The number of aromatic nitrogens is 1. The second-order valence-corrected chi connectivity index (χ2v) is 11.8. The first-order valence-electron chi connectivity index (χ1n) is 14.8. The van der Waals surface area contributed by atoms with Crippen LogP contribution in [0.15, 0.2) is 54.7 Å². The van der Waals surface area contributed by atoms with E-state index in [-0.39, 0.29) is 0 Å². The standard InChI is InChI=1S/C33H47N3/c1-25-8-7-11-29(20-25)30(18-19-35-22-27-16-14-26(21-34)15-17-27)32-24-36(23-28-9-3-2-4-10-28)33-13-6-5-12-31(32)33/h5-8,11-13,20,24,26-28,30,35H,2-4,9-10,14-19,21-23,34H2,1H3. The van der Waals surface area contributed by atoms with Gasteiger partial charge in [-0.2, -0.15) is 0 Å². The molecule has 3 heteroatoms. The van der Waals surface area contributed by atoms with Crippen molar-refractivity contribution >= 4 is 10.9 Å². The van der Waals surface area contributed by atoms with E-state index in [1.165, 1.54) is 91.9 Å². The highest BCUT2D eigenvalue weighted by atomic mass is 15.0. The summed E-state index contributed by atoms with van der Waals surface area (Å²) in [6.07, 6.45) is 16.0. The van der Waals surface area contributed by atoms with Crippen LogP contribution < -0.4 is 11.1 Å². The van der Waals surface area contributed by atoms with Gasteiger partial charge in [0.05, 0.1) is 0 Å². The largest absolute Gasteiger partial charge is 0.347 e. The highest BCUT2D eigenvalue weighted by Gasteiger charge is 2.23. The molecule has 1 unspecified atom stereocenters. The van der Waals surface area contributed by atoms with Crippen molar-refractivity contribution in [2.24, 2.45) is 23.5 Å². The summed E-state index contributed by atoms with van der Waals surface area (Å²) in [4.78, 5) is 0. The first-order chi connectivity index (χ1) is 17.7. The Bertz CT molecular complexity index is 1090. The van der Waals surface area contributed by atoms with Crippen LogP contribution in [0.4, 0.5) is 0 Å². The third-order valence-electron chi connectivity index (χ3n) is 9.16. The van der Waals surface area contributed by atoms with Crippen molar-refractivity contribution in [3.8, 4) is 0 Å². The minimum atomic E-state index is 0.419. The van der Waals surface area contributed by atoms with E-state index >= 15 is 0 Å². The van der Waals surface area contributed by atoms with Crippen molar-refractivity contribution in [1.82, 2.24) is 9.88 Å². The normalized spacial score (nSPS) is 22.2. The summed E-state index contributed by atoms with van der Waals surface area (Å²) in [5.41, 5.74) is 11.6. The fraction of sp³-hybridized carbons (Fsp3) is 0.576. The molecular weight excluding hydrogens is 438 g/mol. The second kappa shape index (κ2) is 12.4. The third-order valence-corrected chi connectivity index (χ3v) is 9.16. The van der Waals surface area contributed by atoms with E-state index in [2.05, 4.69) is 71.5 Å². The van der Waals surface area contributed by atoms with Crippen molar-refractivity contribution in [2.45, 2.75) is 83.6 Å². The molecule has 36 heavy (non-hydrogen) atoms. The summed E-state index contributed by atoms with van der Waals surface area (Å²) < 4.78 is 2.59. The smallest absolute Gasteiger partial charge is 0.0483 e. The topological polar surface area (TPSA) is 43.0 Å². The Kier molecular flexibility index (Phi) is 8.82. The van der Waals surface area contributed by atoms with E-state index < -0.39 is 0 Å². The fourth-order valence-electron chi connectivity index (χ4n) is 6.96. The molecule has 5 rings (SSSR count). The predicted molar refractivity (Wildman–Crippen MR) is 154 cm³/mol. The minimum Gasteiger partial charge on any atom is -0.347 e. The number of nitrogens with two attached hydrogens (primary N) is 1. The number of aryl methyl sites for hydroxylation is 1. The maximum Gasteiger partial charge on any atom is 0.0483 e. The molecule has 2 aliphatic carbocycles. The molecule has 2 fully saturated rings. The van der Waals surface area contributed by atoms with Gasteiger partial charge in [0.2, 0.25) is 0 Å². The van der Waals surface area contributed by atoms with E-state index in [1.807, 2.05) is 0 Å². The van der Waals surface area contributed by atoms with Crippen molar-refractivity contribution in [3.05, 3.63) is 71.4 Å². The Morgan fingerprint density at radius 2 is 1.67 bits per heavy atom. The molecule has 1 atom stereocenters. The molecule has 0 bridgehead atoms. The molecule has 0 saturated heterocycles. The van der Waals surface area contributed by atoms with Gasteiger partial charge in [0.1, 0.15) is 0 Å². The highest BCUT2D eigenvalue weighted by molar-refractivity contribution is 5.85. The van der Waals surface area contributed by atoms with Crippen LogP contribution in [0.25, 0.3) is 10.9 Å². The van der Waals surface area contributed by atoms with E-state index in [0.29, 0.717) is 5.92 Å². The van der Waals surface area contributed by atoms with Gasteiger partial charge in [-0.25, -0.2) is 0 Å². The van der Waals surface area contributed by atoms with Gasteiger partial charge in [0, 0.05) is 29.6 Å². The van der Waals surface area contributed by atoms with E-state index in [0.717, 1.165) is 43.8 Å². The second-order valence-electron chi connectivity index (χ2n) is 11.8. The molecule has 2 aromatic carbocycles. The number of hydrogen-bond donors (Lipinski definition) is 2. The lowest BCUT2D eigenvalue weighted by atomic mass is 9.82. The molecule has 0 radical (unpaired) electrons. The van der Waals surface area contributed by atoms with E-state index in [1.54, 1.807) is 0 Å². The molecule has 194 valence electrons. The summed E-state index contributed by atoms with van der Waals surface area (Å²) in [6, 6.07) is 18.3. The maximum absolute atomic E-state index is 5.90. The van der Waals surface area contributed by atoms with E-state index in [9.17, 15) is 0 Å². The van der Waals surface area contributed by atoms with Gasteiger partial charge in [0.15, 0.2) is 0 Å². The van der Waals surface area contributed by atoms with Crippen molar-refractivity contribution in [3.63, 3.8) is 0 Å². The van der Waals surface area contributed by atoms with Crippen LogP contribution >= 0.6 is 0 Å². The zero-order valence-electron chi connectivity index (χ0n) is 22.4. The molecule has 1 heterocycles. The van der Waals surface area contributed by atoms with Crippen LogP contribution in [0, 0.1) is 24.7 Å². The average molecular weight is 486 g/mol. The number of nitrogens with zero attached hydrogens (tertiary/aromatic N) is 1. The van der Waals surface area contributed by atoms with Crippen LogP contribution in [0.2, 0.25) is 0 Å². The van der Waals surface area contributed by atoms with Gasteiger partial charge in [0.25, 0.3) is 0 Å². The van der Waals surface area contributed by atoms with Crippen LogP contribution in [-0.2, 0) is 6.54 Å². The van der Waals surface area contributed by atoms with Gasteiger partial charge < -0.3 is 15.6 Å². The maximum atomic E-state index is 5.90. The molecule has 0 aliphatic heterocycles. The minimum absolute atomic E-state index is 0.419. The Balaban J connectivity index is 1.33. The van der Waals surface area contributed by atoms with Crippen LogP contribution in [-0.4, -0.2) is 24.2 Å². The van der Waals surface area contributed by atoms with Gasteiger partial charge in [-0.1, -0.05) is 67.3 Å². The molecule has 2 aliphatic rings. The summed E-state index contributed by atoms with van der Waals surface area (Å²) in [7, 11) is 0. The Morgan fingerprint density at radius 3 is 2.44 bits per heavy atom. The number of nitrogens with one attached hydrogen (secondary N) is 1. The summed E-state index contributed by atoms with van der Waals surface area (Å²) in [6.45, 7) is 6.49.